The Bertz CT molecular complexity index is 437. The first-order chi connectivity index (χ1) is 9.35. The predicted molar refractivity (Wildman–Crippen MR) is 78.2 cm³/mol. The molecule has 0 aliphatic carbocycles. The fourth-order valence-electron chi connectivity index (χ4n) is 2.22. The van der Waals surface area contributed by atoms with Gasteiger partial charge in [0.2, 0.25) is 0 Å². The molecule has 0 radical (unpaired) electrons. The molecule has 2 aromatic rings. The lowest BCUT2D eigenvalue weighted by Crippen LogP contribution is -2.35. The second-order valence-electron chi connectivity index (χ2n) is 4.36. The normalized spacial score (nSPS) is 13.0. The third-order valence-corrected chi connectivity index (χ3v) is 3.89. The van der Waals surface area contributed by atoms with E-state index in [4.69, 9.17) is 4.42 Å². The van der Waals surface area contributed by atoms with Crippen LogP contribution in [0.5, 0.6) is 0 Å². The van der Waals surface area contributed by atoms with Gasteiger partial charge in [0.25, 0.3) is 0 Å². The number of rotatable bonds is 8. The Kier molecular flexibility index (Phi) is 5.57. The second-order valence-corrected chi connectivity index (χ2v) is 5.08. The van der Waals surface area contributed by atoms with Gasteiger partial charge in [-0.25, -0.2) is 4.98 Å². The molecule has 0 aliphatic heterocycles. The number of hydrogen-bond acceptors (Lipinski definition) is 5. The molecule has 104 valence electrons. The standard InChI is InChI=1S/C14H21N3OS/c1-3-17(4-2)13(14-6-5-7-18-14)9-15-8-12-10-19-11-16-12/h5-7,10-11,13,15H,3-4,8-9H2,1-2H3. The van der Waals surface area contributed by atoms with Crippen LogP contribution in [0.25, 0.3) is 0 Å². The van der Waals surface area contributed by atoms with Gasteiger partial charge in [-0.05, 0) is 25.2 Å². The predicted octanol–water partition coefficient (Wildman–Crippen LogP) is 2.91. The highest BCUT2D eigenvalue weighted by Gasteiger charge is 2.19. The third-order valence-electron chi connectivity index (χ3n) is 3.25. The molecule has 1 N–H and O–H groups in total. The quantitative estimate of drug-likeness (QED) is 0.806. The highest BCUT2D eigenvalue weighted by Crippen LogP contribution is 2.20. The maximum atomic E-state index is 5.57. The topological polar surface area (TPSA) is 41.3 Å². The molecular weight excluding hydrogens is 258 g/mol. The van der Waals surface area contributed by atoms with E-state index < -0.39 is 0 Å². The smallest absolute Gasteiger partial charge is 0.122 e. The minimum absolute atomic E-state index is 0.281. The summed E-state index contributed by atoms with van der Waals surface area (Å²) in [7, 11) is 0. The van der Waals surface area contributed by atoms with Crippen LogP contribution >= 0.6 is 11.3 Å². The molecule has 0 amide bonds. The van der Waals surface area contributed by atoms with Gasteiger partial charge >= 0.3 is 0 Å². The Morgan fingerprint density at radius 1 is 1.42 bits per heavy atom. The summed E-state index contributed by atoms with van der Waals surface area (Å²) in [5.41, 5.74) is 2.97. The van der Waals surface area contributed by atoms with Crippen molar-refractivity contribution in [2.24, 2.45) is 0 Å². The van der Waals surface area contributed by atoms with Crippen LogP contribution < -0.4 is 5.32 Å². The Morgan fingerprint density at radius 3 is 2.84 bits per heavy atom. The summed E-state index contributed by atoms with van der Waals surface area (Å²) in [4.78, 5) is 6.68. The van der Waals surface area contributed by atoms with E-state index in [1.165, 1.54) is 0 Å². The number of nitrogens with zero attached hydrogens (tertiary/aromatic N) is 2. The minimum Gasteiger partial charge on any atom is -0.468 e. The first-order valence-electron chi connectivity index (χ1n) is 6.70. The fraction of sp³-hybridized carbons (Fsp3) is 0.500. The Balaban J connectivity index is 1.94. The monoisotopic (exact) mass is 279 g/mol. The molecular formula is C14H21N3OS. The number of aromatic nitrogens is 1. The van der Waals surface area contributed by atoms with Crippen LogP contribution in [0, 0.1) is 0 Å². The zero-order chi connectivity index (χ0) is 13.5. The lowest BCUT2D eigenvalue weighted by atomic mass is 10.2. The lowest BCUT2D eigenvalue weighted by molar-refractivity contribution is 0.188. The molecule has 0 aliphatic rings. The molecule has 0 saturated heterocycles. The molecule has 1 atom stereocenters. The molecule has 0 bridgehead atoms. The molecule has 2 heterocycles. The second kappa shape index (κ2) is 7.43. The van der Waals surface area contributed by atoms with Crippen molar-refractivity contribution >= 4 is 11.3 Å². The molecule has 2 rings (SSSR count). The van der Waals surface area contributed by atoms with Crippen LogP contribution in [0.1, 0.15) is 31.3 Å². The van der Waals surface area contributed by atoms with E-state index in [2.05, 4.69) is 34.4 Å². The van der Waals surface area contributed by atoms with E-state index in [9.17, 15) is 0 Å². The molecule has 19 heavy (non-hydrogen) atoms. The van der Waals surface area contributed by atoms with Crippen molar-refractivity contribution in [3.63, 3.8) is 0 Å². The van der Waals surface area contributed by atoms with E-state index in [-0.39, 0.29) is 6.04 Å². The maximum Gasteiger partial charge on any atom is 0.122 e. The summed E-state index contributed by atoms with van der Waals surface area (Å²) in [6.45, 7) is 8.06. The van der Waals surface area contributed by atoms with Crippen molar-refractivity contribution in [3.05, 3.63) is 40.7 Å². The third kappa shape index (κ3) is 3.89. The van der Waals surface area contributed by atoms with E-state index in [1.807, 2.05) is 17.6 Å². The van der Waals surface area contributed by atoms with Crippen molar-refractivity contribution < 1.29 is 4.42 Å². The zero-order valence-electron chi connectivity index (χ0n) is 11.5. The highest BCUT2D eigenvalue weighted by atomic mass is 32.1. The largest absolute Gasteiger partial charge is 0.468 e. The van der Waals surface area contributed by atoms with Gasteiger partial charge < -0.3 is 9.73 Å². The SMILES string of the molecule is CCN(CC)C(CNCc1cscn1)c1ccco1. The molecule has 0 saturated carbocycles. The summed E-state index contributed by atoms with van der Waals surface area (Å²) < 4.78 is 5.57. The van der Waals surface area contributed by atoms with Gasteiger partial charge in [-0.2, -0.15) is 0 Å². The summed E-state index contributed by atoms with van der Waals surface area (Å²) in [6, 6.07) is 4.28. The molecule has 0 spiro atoms. The van der Waals surface area contributed by atoms with E-state index >= 15 is 0 Å². The number of hydrogen-bond donors (Lipinski definition) is 1. The summed E-state index contributed by atoms with van der Waals surface area (Å²) in [5.74, 6) is 1.02. The van der Waals surface area contributed by atoms with Gasteiger partial charge in [-0.3, -0.25) is 4.90 Å². The number of furan rings is 1. The van der Waals surface area contributed by atoms with Crippen molar-refractivity contribution in [2.75, 3.05) is 19.6 Å². The van der Waals surface area contributed by atoms with Crippen molar-refractivity contribution in [1.82, 2.24) is 15.2 Å². The minimum atomic E-state index is 0.281. The highest BCUT2D eigenvalue weighted by molar-refractivity contribution is 7.07. The van der Waals surface area contributed by atoms with Gasteiger partial charge in [0.15, 0.2) is 0 Å². The average molecular weight is 279 g/mol. The Labute approximate surface area is 118 Å². The van der Waals surface area contributed by atoms with Crippen LogP contribution in [0.4, 0.5) is 0 Å². The lowest BCUT2D eigenvalue weighted by Gasteiger charge is -2.28. The maximum absolute atomic E-state index is 5.57. The van der Waals surface area contributed by atoms with E-state index in [1.54, 1.807) is 17.6 Å². The van der Waals surface area contributed by atoms with Crippen LogP contribution in [0.2, 0.25) is 0 Å². The van der Waals surface area contributed by atoms with E-state index in [0.717, 1.165) is 37.6 Å². The van der Waals surface area contributed by atoms with Crippen molar-refractivity contribution in [3.8, 4) is 0 Å². The molecule has 1 unspecified atom stereocenters. The fourth-order valence-corrected chi connectivity index (χ4v) is 2.78. The Morgan fingerprint density at radius 2 is 2.26 bits per heavy atom. The molecule has 0 fully saturated rings. The van der Waals surface area contributed by atoms with Crippen molar-refractivity contribution in [2.45, 2.75) is 26.4 Å². The van der Waals surface area contributed by atoms with Crippen LogP contribution in [0.15, 0.2) is 33.7 Å². The molecule has 5 heteroatoms. The number of thiazole rings is 1. The van der Waals surface area contributed by atoms with Crippen LogP contribution in [-0.2, 0) is 6.54 Å². The molecule has 4 nitrogen and oxygen atoms in total. The molecule has 2 aromatic heterocycles. The van der Waals surface area contributed by atoms with Gasteiger partial charge in [0.1, 0.15) is 5.76 Å². The van der Waals surface area contributed by atoms with Gasteiger partial charge in [0, 0.05) is 18.5 Å². The van der Waals surface area contributed by atoms with Gasteiger partial charge in [0.05, 0.1) is 23.5 Å². The molecule has 0 aromatic carbocycles. The average Bonchev–Trinajstić information content (AvgIpc) is 3.11. The van der Waals surface area contributed by atoms with Gasteiger partial charge in [-0.15, -0.1) is 11.3 Å². The van der Waals surface area contributed by atoms with Gasteiger partial charge in [-0.1, -0.05) is 13.8 Å². The number of nitrogens with one attached hydrogen (secondary N) is 1. The van der Waals surface area contributed by atoms with Crippen LogP contribution in [-0.4, -0.2) is 29.5 Å². The summed E-state index contributed by atoms with van der Waals surface area (Å²) >= 11 is 1.63. The number of likely N-dealkylation sites (N-methyl/N-ethyl adjacent to an activating group) is 1. The van der Waals surface area contributed by atoms with E-state index in [0.29, 0.717) is 0 Å². The summed E-state index contributed by atoms with van der Waals surface area (Å²) in [6.07, 6.45) is 1.74. The first kappa shape index (κ1) is 14.2. The Hall–Kier alpha value is -1.17. The first-order valence-corrected chi connectivity index (χ1v) is 7.64. The van der Waals surface area contributed by atoms with Crippen LogP contribution in [0.3, 0.4) is 0 Å². The van der Waals surface area contributed by atoms with Crippen molar-refractivity contribution in [1.29, 1.82) is 0 Å². The zero-order valence-corrected chi connectivity index (χ0v) is 12.3. The summed E-state index contributed by atoms with van der Waals surface area (Å²) in [5, 5.41) is 5.54.